The predicted molar refractivity (Wildman–Crippen MR) is 66.7 cm³/mol. The Balaban J connectivity index is 2.26. The number of benzene rings is 1. The minimum atomic E-state index is -0.282. The average Bonchev–Trinajstić information content (AvgIpc) is 2.86. The molecule has 0 spiro atoms. The van der Waals surface area contributed by atoms with E-state index in [1.165, 1.54) is 13.5 Å². The van der Waals surface area contributed by atoms with Crippen LogP contribution in [0.5, 0.6) is 0 Å². The maximum atomic E-state index is 11.5. The Bertz CT molecular complexity index is 428. The van der Waals surface area contributed by atoms with Crippen molar-refractivity contribution in [2.75, 3.05) is 13.7 Å². The Morgan fingerprint density at radius 3 is 3.12 bits per heavy atom. The molecule has 90 valence electrons. The van der Waals surface area contributed by atoms with E-state index in [1.54, 1.807) is 6.07 Å². The van der Waals surface area contributed by atoms with Gasteiger partial charge in [-0.3, -0.25) is 0 Å². The highest BCUT2D eigenvalue weighted by Crippen LogP contribution is 2.32. The molecule has 0 radical (unpaired) electrons. The summed E-state index contributed by atoms with van der Waals surface area (Å²) in [5.74, 6) is -0.282. The molecule has 1 atom stereocenters. The first-order valence-corrected chi connectivity index (χ1v) is 5.83. The molecule has 1 aromatic carbocycles. The topological polar surface area (TPSA) is 29.5 Å². The van der Waals surface area contributed by atoms with Crippen molar-refractivity contribution in [1.29, 1.82) is 0 Å². The van der Waals surface area contributed by atoms with E-state index in [0.717, 1.165) is 18.5 Å². The number of likely N-dealkylation sites (tertiary alicyclic amines) is 1. The van der Waals surface area contributed by atoms with E-state index in [4.69, 9.17) is 4.74 Å². The van der Waals surface area contributed by atoms with Crippen molar-refractivity contribution in [1.82, 2.24) is 4.90 Å². The fourth-order valence-electron chi connectivity index (χ4n) is 2.36. The molecule has 1 heterocycles. The zero-order valence-electron chi connectivity index (χ0n) is 10.1. The van der Waals surface area contributed by atoms with Crippen LogP contribution in [0.15, 0.2) is 37.0 Å². The van der Waals surface area contributed by atoms with E-state index in [1.807, 2.05) is 18.3 Å². The zero-order chi connectivity index (χ0) is 12.3. The SMILES string of the molecule is C=CN1CCCC1c1cccc(C(=O)OC)c1. The number of methoxy groups -OCH3 is 1. The second-order valence-corrected chi connectivity index (χ2v) is 4.20. The lowest BCUT2D eigenvalue weighted by molar-refractivity contribution is 0.0600. The van der Waals surface area contributed by atoms with Crippen LogP contribution in [0.2, 0.25) is 0 Å². The maximum absolute atomic E-state index is 11.5. The second-order valence-electron chi connectivity index (χ2n) is 4.20. The van der Waals surface area contributed by atoms with Crippen molar-refractivity contribution in [3.8, 4) is 0 Å². The number of rotatable bonds is 3. The molecular weight excluding hydrogens is 214 g/mol. The third kappa shape index (κ3) is 2.33. The van der Waals surface area contributed by atoms with Crippen LogP contribution < -0.4 is 0 Å². The molecule has 0 saturated carbocycles. The zero-order valence-corrected chi connectivity index (χ0v) is 10.1. The first-order valence-electron chi connectivity index (χ1n) is 5.83. The molecule has 1 saturated heterocycles. The van der Waals surface area contributed by atoms with Crippen molar-refractivity contribution < 1.29 is 9.53 Å². The van der Waals surface area contributed by atoms with Gasteiger partial charge in [0.2, 0.25) is 0 Å². The predicted octanol–water partition coefficient (Wildman–Crippen LogP) is 2.75. The van der Waals surface area contributed by atoms with Crippen molar-refractivity contribution in [3.05, 3.63) is 48.2 Å². The van der Waals surface area contributed by atoms with E-state index in [-0.39, 0.29) is 5.97 Å². The third-order valence-corrected chi connectivity index (χ3v) is 3.22. The van der Waals surface area contributed by atoms with Crippen molar-refractivity contribution in [2.45, 2.75) is 18.9 Å². The van der Waals surface area contributed by atoms with E-state index in [9.17, 15) is 4.79 Å². The minimum Gasteiger partial charge on any atom is -0.465 e. The summed E-state index contributed by atoms with van der Waals surface area (Å²) in [6.45, 7) is 4.86. The molecule has 1 aliphatic rings. The van der Waals surface area contributed by atoms with Gasteiger partial charge in [0.1, 0.15) is 0 Å². The molecular formula is C14H17NO2. The van der Waals surface area contributed by atoms with Crippen LogP contribution in [-0.4, -0.2) is 24.5 Å². The quantitative estimate of drug-likeness (QED) is 0.749. The van der Waals surface area contributed by atoms with Crippen LogP contribution in [0.25, 0.3) is 0 Å². The highest BCUT2D eigenvalue weighted by molar-refractivity contribution is 5.89. The van der Waals surface area contributed by atoms with Gasteiger partial charge < -0.3 is 9.64 Å². The van der Waals surface area contributed by atoms with Gasteiger partial charge >= 0.3 is 5.97 Å². The van der Waals surface area contributed by atoms with E-state index >= 15 is 0 Å². The van der Waals surface area contributed by atoms with Gasteiger partial charge in [0.25, 0.3) is 0 Å². The summed E-state index contributed by atoms with van der Waals surface area (Å²) >= 11 is 0. The van der Waals surface area contributed by atoms with Gasteiger partial charge in [-0.25, -0.2) is 4.79 Å². The van der Waals surface area contributed by atoms with E-state index in [0.29, 0.717) is 11.6 Å². The number of hydrogen-bond donors (Lipinski definition) is 0. The lowest BCUT2D eigenvalue weighted by atomic mass is 10.0. The van der Waals surface area contributed by atoms with Gasteiger partial charge in [0, 0.05) is 6.54 Å². The summed E-state index contributed by atoms with van der Waals surface area (Å²) in [6.07, 6.45) is 4.15. The van der Waals surface area contributed by atoms with Crippen LogP contribution in [0.4, 0.5) is 0 Å². The smallest absolute Gasteiger partial charge is 0.337 e. The molecule has 1 fully saturated rings. The summed E-state index contributed by atoms with van der Waals surface area (Å²) < 4.78 is 4.73. The van der Waals surface area contributed by atoms with Gasteiger partial charge in [-0.15, -0.1) is 0 Å². The summed E-state index contributed by atoms with van der Waals surface area (Å²) in [5, 5.41) is 0. The standard InChI is InChI=1S/C14H17NO2/c1-3-15-9-5-8-13(15)11-6-4-7-12(10-11)14(16)17-2/h3-4,6-7,10,13H,1,5,8-9H2,2H3. The minimum absolute atomic E-state index is 0.282. The van der Waals surface area contributed by atoms with Gasteiger partial charge in [0.05, 0.1) is 18.7 Å². The monoisotopic (exact) mass is 231 g/mol. The number of carbonyl (C=O) groups excluding carboxylic acids is 1. The van der Waals surface area contributed by atoms with E-state index < -0.39 is 0 Å². The van der Waals surface area contributed by atoms with Crippen LogP contribution >= 0.6 is 0 Å². The highest BCUT2D eigenvalue weighted by Gasteiger charge is 2.23. The molecule has 1 unspecified atom stereocenters. The molecule has 2 rings (SSSR count). The molecule has 1 aliphatic heterocycles. The Morgan fingerprint density at radius 1 is 1.59 bits per heavy atom. The molecule has 3 heteroatoms. The Labute approximate surface area is 102 Å². The second kappa shape index (κ2) is 5.04. The summed E-state index contributed by atoms with van der Waals surface area (Å²) in [6, 6.07) is 8.00. The lowest BCUT2D eigenvalue weighted by Crippen LogP contribution is -2.16. The van der Waals surface area contributed by atoms with Crippen LogP contribution in [0.3, 0.4) is 0 Å². The first kappa shape index (κ1) is 11.7. The molecule has 0 amide bonds. The summed E-state index contributed by atoms with van der Waals surface area (Å²) in [7, 11) is 1.40. The average molecular weight is 231 g/mol. The molecule has 0 aliphatic carbocycles. The molecule has 0 aromatic heterocycles. The van der Waals surface area contributed by atoms with Gasteiger partial charge in [-0.05, 0) is 36.7 Å². The Hall–Kier alpha value is -1.77. The molecule has 1 aromatic rings. The maximum Gasteiger partial charge on any atom is 0.337 e. The normalized spacial score (nSPS) is 19.1. The van der Waals surface area contributed by atoms with Crippen LogP contribution in [0.1, 0.15) is 34.8 Å². The molecule has 3 nitrogen and oxygen atoms in total. The number of hydrogen-bond acceptors (Lipinski definition) is 3. The number of esters is 1. The molecule has 0 N–H and O–H groups in total. The summed E-state index contributed by atoms with van der Waals surface area (Å²) in [5.41, 5.74) is 1.77. The van der Waals surface area contributed by atoms with Crippen molar-refractivity contribution in [3.63, 3.8) is 0 Å². The molecule has 0 bridgehead atoms. The fraction of sp³-hybridized carbons (Fsp3) is 0.357. The highest BCUT2D eigenvalue weighted by atomic mass is 16.5. The van der Waals surface area contributed by atoms with Crippen molar-refractivity contribution in [2.24, 2.45) is 0 Å². The van der Waals surface area contributed by atoms with Crippen LogP contribution in [-0.2, 0) is 4.74 Å². The largest absolute Gasteiger partial charge is 0.465 e. The van der Waals surface area contributed by atoms with Gasteiger partial charge in [-0.1, -0.05) is 18.7 Å². The summed E-state index contributed by atoms with van der Waals surface area (Å²) in [4.78, 5) is 13.7. The van der Waals surface area contributed by atoms with Gasteiger partial charge in [0.15, 0.2) is 0 Å². The lowest BCUT2D eigenvalue weighted by Gasteiger charge is -2.22. The number of ether oxygens (including phenoxy) is 1. The van der Waals surface area contributed by atoms with Gasteiger partial charge in [-0.2, -0.15) is 0 Å². The Morgan fingerprint density at radius 2 is 2.41 bits per heavy atom. The number of carbonyl (C=O) groups is 1. The number of nitrogens with zero attached hydrogens (tertiary/aromatic N) is 1. The fourth-order valence-corrected chi connectivity index (χ4v) is 2.36. The molecule has 17 heavy (non-hydrogen) atoms. The van der Waals surface area contributed by atoms with Crippen LogP contribution in [0, 0.1) is 0 Å². The van der Waals surface area contributed by atoms with Crippen molar-refractivity contribution >= 4 is 5.97 Å². The Kier molecular flexibility index (Phi) is 3.47. The third-order valence-electron chi connectivity index (χ3n) is 3.22. The van der Waals surface area contributed by atoms with E-state index in [2.05, 4.69) is 17.5 Å². The first-order chi connectivity index (χ1) is 8.26.